The van der Waals surface area contributed by atoms with Gasteiger partial charge in [-0.3, -0.25) is 4.68 Å². The molecule has 0 saturated heterocycles. The maximum absolute atomic E-state index is 4.28. The van der Waals surface area contributed by atoms with Gasteiger partial charge in [-0.1, -0.05) is 19.8 Å². The highest BCUT2D eigenvalue weighted by Gasteiger charge is 2.13. The molecule has 0 amide bonds. The maximum Gasteiger partial charge on any atom is 0.0540 e. The zero-order valence-corrected chi connectivity index (χ0v) is 11.2. The Morgan fingerprint density at radius 1 is 1.44 bits per heavy atom. The molecule has 1 rings (SSSR count). The van der Waals surface area contributed by atoms with Crippen molar-refractivity contribution < 1.29 is 0 Å². The van der Waals surface area contributed by atoms with Gasteiger partial charge in [0.25, 0.3) is 0 Å². The number of aromatic nitrogens is 2. The van der Waals surface area contributed by atoms with Crippen LogP contribution in [0.3, 0.4) is 0 Å². The second kappa shape index (κ2) is 6.04. The quantitative estimate of drug-likeness (QED) is 0.803. The first-order valence-electron chi connectivity index (χ1n) is 6.30. The summed E-state index contributed by atoms with van der Waals surface area (Å²) in [6.07, 6.45) is 5.79. The lowest BCUT2D eigenvalue weighted by Gasteiger charge is -2.19. The molecule has 1 aromatic heterocycles. The molecule has 16 heavy (non-hydrogen) atoms. The molecule has 1 aromatic rings. The van der Waals surface area contributed by atoms with E-state index in [0.717, 1.165) is 0 Å². The Kier molecular flexibility index (Phi) is 5.00. The van der Waals surface area contributed by atoms with E-state index in [0.29, 0.717) is 12.1 Å². The van der Waals surface area contributed by atoms with E-state index in [1.165, 1.54) is 30.5 Å². The molecule has 0 fully saturated rings. The molecule has 0 aliphatic heterocycles. The average molecular weight is 223 g/mol. The van der Waals surface area contributed by atoms with Gasteiger partial charge in [0.15, 0.2) is 0 Å². The molecule has 0 aliphatic rings. The van der Waals surface area contributed by atoms with E-state index < -0.39 is 0 Å². The third-order valence-corrected chi connectivity index (χ3v) is 3.26. The fourth-order valence-electron chi connectivity index (χ4n) is 2.05. The van der Waals surface area contributed by atoms with E-state index in [4.69, 9.17) is 0 Å². The number of nitrogens with zero attached hydrogens (tertiary/aromatic N) is 2. The topological polar surface area (TPSA) is 29.9 Å². The lowest BCUT2D eigenvalue weighted by molar-refractivity contribution is 0.443. The molecule has 2 atom stereocenters. The van der Waals surface area contributed by atoms with Crippen LogP contribution in [0.1, 0.15) is 57.3 Å². The zero-order valence-electron chi connectivity index (χ0n) is 11.2. The minimum atomic E-state index is 0.389. The SMILES string of the molecule is CCCCC(C)NC(C)c1cnn(C)c1C. The molecule has 0 spiro atoms. The molecule has 0 saturated carbocycles. The van der Waals surface area contributed by atoms with E-state index >= 15 is 0 Å². The van der Waals surface area contributed by atoms with Gasteiger partial charge in [0, 0.05) is 30.4 Å². The number of rotatable bonds is 6. The number of hydrogen-bond donors (Lipinski definition) is 1. The van der Waals surface area contributed by atoms with Crippen LogP contribution in [0.4, 0.5) is 0 Å². The van der Waals surface area contributed by atoms with Crippen molar-refractivity contribution >= 4 is 0 Å². The summed E-state index contributed by atoms with van der Waals surface area (Å²) in [7, 11) is 1.99. The Hall–Kier alpha value is -0.830. The smallest absolute Gasteiger partial charge is 0.0540 e. The minimum Gasteiger partial charge on any atom is -0.308 e. The molecule has 3 heteroatoms. The van der Waals surface area contributed by atoms with Crippen molar-refractivity contribution in [2.75, 3.05) is 0 Å². The van der Waals surface area contributed by atoms with Crippen molar-refractivity contribution in [3.05, 3.63) is 17.5 Å². The van der Waals surface area contributed by atoms with Crippen LogP contribution in [0.25, 0.3) is 0 Å². The van der Waals surface area contributed by atoms with E-state index in [-0.39, 0.29) is 0 Å². The van der Waals surface area contributed by atoms with E-state index in [1.54, 1.807) is 0 Å². The lowest BCUT2D eigenvalue weighted by Crippen LogP contribution is -2.29. The van der Waals surface area contributed by atoms with Crippen LogP contribution < -0.4 is 5.32 Å². The van der Waals surface area contributed by atoms with Crippen molar-refractivity contribution in [3.8, 4) is 0 Å². The van der Waals surface area contributed by atoms with Gasteiger partial charge in [-0.05, 0) is 27.2 Å². The summed E-state index contributed by atoms with van der Waals surface area (Å²) in [6.45, 7) is 8.84. The summed E-state index contributed by atoms with van der Waals surface area (Å²) in [5.41, 5.74) is 2.56. The van der Waals surface area contributed by atoms with Crippen molar-refractivity contribution in [1.82, 2.24) is 15.1 Å². The van der Waals surface area contributed by atoms with Gasteiger partial charge in [-0.15, -0.1) is 0 Å². The average Bonchev–Trinajstić information content (AvgIpc) is 2.57. The third kappa shape index (κ3) is 3.34. The first-order valence-corrected chi connectivity index (χ1v) is 6.30. The van der Waals surface area contributed by atoms with Crippen molar-refractivity contribution in [2.45, 2.75) is 59.0 Å². The minimum absolute atomic E-state index is 0.389. The van der Waals surface area contributed by atoms with Crippen molar-refractivity contribution in [1.29, 1.82) is 0 Å². The van der Waals surface area contributed by atoms with Crippen LogP contribution in [0.5, 0.6) is 0 Å². The van der Waals surface area contributed by atoms with Crippen LogP contribution in [0, 0.1) is 6.92 Å². The van der Waals surface area contributed by atoms with Gasteiger partial charge in [-0.2, -0.15) is 5.10 Å². The molecule has 0 bridgehead atoms. The highest BCUT2D eigenvalue weighted by molar-refractivity contribution is 5.19. The number of nitrogens with one attached hydrogen (secondary N) is 1. The van der Waals surface area contributed by atoms with Crippen molar-refractivity contribution in [2.24, 2.45) is 7.05 Å². The molecular weight excluding hydrogens is 198 g/mol. The Labute approximate surface area is 99.2 Å². The molecule has 0 radical (unpaired) electrons. The fraction of sp³-hybridized carbons (Fsp3) is 0.769. The summed E-state index contributed by atoms with van der Waals surface area (Å²) in [6, 6.07) is 0.968. The predicted octanol–water partition coefficient (Wildman–Crippen LogP) is 2.96. The second-order valence-electron chi connectivity index (χ2n) is 4.74. The van der Waals surface area contributed by atoms with Crippen LogP contribution in [0.15, 0.2) is 6.20 Å². The van der Waals surface area contributed by atoms with E-state index in [1.807, 2.05) is 17.9 Å². The number of hydrogen-bond acceptors (Lipinski definition) is 2. The van der Waals surface area contributed by atoms with Gasteiger partial charge in [0.1, 0.15) is 0 Å². The first kappa shape index (κ1) is 13.2. The summed E-state index contributed by atoms with van der Waals surface area (Å²) in [5.74, 6) is 0. The Morgan fingerprint density at radius 3 is 2.62 bits per heavy atom. The first-order chi connectivity index (χ1) is 7.56. The summed E-state index contributed by atoms with van der Waals surface area (Å²) < 4.78 is 1.93. The molecule has 2 unspecified atom stereocenters. The zero-order chi connectivity index (χ0) is 12.1. The van der Waals surface area contributed by atoms with Gasteiger partial charge >= 0.3 is 0 Å². The molecule has 3 nitrogen and oxygen atoms in total. The van der Waals surface area contributed by atoms with Crippen molar-refractivity contribution in [3.63, 3.8) is 0 Å². The second-order valence-corrected chi connectivity index (χ2v) is 4.74. The highest BCUT2D eigenvalue weighted by Crippen LogP contribution is 2.17. The van der Waals surface area contributed by atoms with Gasteiger partial charge in [-0.25, -0.2) is 0 Å². The monoisotopic (exact) mass is 223 g/mol. The molecule has 92 valence electrons. The van der Waals surface area contributed by atoms with Crippen LogP contribution in [0.2, 0.25) is 0 Å². The predicted molar refractivity (Wildman–Crippen MR) is 68.5 cm³/mol. The summed E-state index contributed by atoms with van der Waals surface area (Å²) >= 11 is 0. The van der Waals surface area contributed by atoms with Gasteiger partial charge < -0.3 is 5.32 Å². The molecular formula is C13H25N3. The molecule has 1 N–H and O–H groups in total. The summed E-state index contributed by atoms with van der Waals surface area (Å²) in [5, 5.41) is 7.92. The molecule has 0 aromatic carbocycles. The highest BCUT2D eigenvalue weighted by atomic mass is 15.3. The van der Waals surface area contributed by atoms with Crippen LogP contribution >= 0.6 is 0 Å². The van der Waals surface area contributed by atoms with Gasteiger partial charge in [0.05, 0.1) is 6.20 Å². The van der Waals surface area contributed by atoms with Gasteiger partial charge in [0.2, 0.25) is 0 Å². The largest absolute Gasteiger partial charge is 0.308 e. The lowest BCUT2D eigenvalue weighted by atomic mass is 10.1. The third-order valence-electron chi connectivity index (χ3n) is 3.26. The fourth-order valence-corrected chi connectivity index (χ4v) is 2.05. The Bertz CT molecular complexity index is 317. The van der Waals surface area contributed by atoms with Crippen LogP contribution in [-0.2, 0) is 7.05 Å². The van der Waals surface area contributed by atoms with E-state index in [9.17, 15) is 0 Å². The normalized spacial score (nSPS) is 15.1. The molecule has 0 aliphatic carbocycles. The maximum atomic E-state index is 4.28. The molecule has 1 heterocycles. The number of unbranched alkanes of at least 4 members (excludes halogenated alkanes) is 1. The Morgan fingerprint density at radius 2 is 2.12 bits per heavy atom. The Balaban J connectivity index is 2.52. The summed E-state index contributed by atoms with van der Waals surface area (Å²) in [4.78, 5) is 0. The number of aryl methyl sites for hydroxylation is 1. The van der Waals surface area contributed by atoms with Crippen LogP contribution in [-0.4, -0.2) is 15.8 Å². The standard InChI is InChI=1S/C13H25N3/c1-6-7-8-10(2)15-11(3)13-9-14-16(5)12(13)4/h9-11,15H,6-8H2,1-5H3. The van der Waals surface area contributed by atoms with E-state index in [2.05, 4.69) is 38.1 Å².